The molecule has 0 aliphatic heterocycles. The predicted molar refractivity (Wildman–Crippen MR) is 117 cm³/mol. The molecule has 0 bridgehead atoms. The van der Waals surface area contributed by atoms with Crippen LogP contribution in [0.3, 0.4) is 0 Å². The SMILES string of the molecule is CCC(C)OP(=S)([S-])OC(C)C.CCC(C)OP(=S)([S-])OC(C)C.[Zn+2]. The maximum atomic E-state index is 5.42. The Hall–Kier alpha value is 2.46. The summed E-state index contributed by atoms with van der Waals surface area (Å²) in [6.45, 7) is 15.6. The molecule has 0 aromatic rings. The Morgan fingerprint density at radius 3 is 1.08 bits per heavy atom. The monoisotopic (exact) mass is 518 g/mol. The second-order valence-corrected chi connectivity index (χ2v) is 15.6. The molecule has 0 aliphatic carbocycles. The zero-order chi connectivity index (χ0) is 19.6. The van der Waals surface area contributed by atoms with Gasteiger partial charge in [0.25, 0.3) is 0 Å². The van der Waals surface area contributed by atoms with E-state index in [2.05, 4.69) is 0 Å². The zero-order valence-electron chi connectivity index (χ0n) is 16.6. The van der Waals surface area contributed by atoms with Gasteiger partial charge in [0.2, 0.25) is 0 Å². The van der Waals surface area contributed by atoms with Crippen LogP contribution in [0, 0.1) is 0 Å². The molecule has 4 nitrogen and oxygen atoms in total. The van der Waals surface area contributed by atoms with Gasteiger partial charge in [-0.25, -0.2) is 0 Å². The van der Waals surface area contributed by atoms with Gasteiger partial charge in [-0.05, 0) is 54.4 Å². The van der Waals surface area contributed by atoms with Crippen molar-refractivity contribution in [2.45, 2.75) is 92.6 Å². The summed E-state index contributed by atoms with van der Waals surface area (Å²) in [6, 6.07) is 0. The van der Waals surface area contributed by atoms with Gasteiger partial charge in [0, 0.05) is 0 Å². The molecule has 11 heteroatoms. The molecule has 0 spiro atoms. The van der Waals surface area contributed by atoms with Gasteiger partial charge < -0.3 is 42.6 Å². The van der Waals surface area contributed by atoms with Gasteiger partial charge in [0.05, 0.1) is 35.8 Å². The molecule has 4 atom stereocenters. The minimum atomic E-state index is -2.40. The van der Waals surface area contributed by atoms with Crippen LogP contribution in [0.1, 0.15) is 68.2 Å². The largest absolute Gasteiger partial charge is 2.00 e. The molecule has 0 amide bonds. The molecule has 0 heterocycles. The molecule has 0 saturated carbocycles. The predicted octanol–water partition coefficient (Wildman–Crippen LogP) is 5.99. The topological polar surface area (TPSA) is 36.9 Å². The van der Waals surface area contributed by atoms with Gasteiger partial charge in [-0.2, -0.15) is 0 Å². The van der Waals surface area contributed by atoms with E-state index in [1.807, 2.05) is 55.4 Å². The normalized spacial score (nSPS) is 18.4. The van der Waals surface area contributed by atoms with E-state index < -0.39 is 11.4 Å². The number of hydrogen-bond acceptors (Lipinski definition) is 8. The van der Waals surface area contributed by atoms with Crippen LogP contribution in [0.2, 0.25) is 0 Å². The minimum Gasteiger partial charge on any atom is -0.691 e. The fourth-order valence-corrected chi connectivity index (χ4v) is 7.30. The van der Waals surface area contributed by atoms with Crippen molar-refractivity contribution < 1.29 is 37.6 Å². The van der Waals surface area contributed by atoms with Gasteiger partial charge in [0.15, 0.2) is 0 Å². The van der Waals surface area contributed by atoms with Gasteiger partial charge in [-0.1, -0.05) is 37.5 Å². The second kappa shape index (κ2) is 16.3. The number of hydrogen-bond donors (Lipinski definition) is 0. The molecule has 0 N–H and O–H groups in total. The third-order valence-corrected chi connectivity index (χ3v) is 7.11. The van der Waals surface area contributed by atoms with E-state index in [-0.39, 0.29) is 43.9 Å². The summed E-state index contributed by atoms with van der Waals surface area (Å²) in [5.41, 5.74) is -4.81. The first-order valence-electron chi connectivity index (χ1n) is 8.10. The van der Waals surface area contributed by atoms with Crippen molar-refractivity contribution in [3.63, 3.8) is 0 Å². The Morgan fingerprint density at radius 2 is 0.920 bits per heavy atom. The van der Waals surface area contributed by atoms with Gasteiger partial charge in [0.1, 0.15) is 0 Å². The second-order valence-electron chi connectivity index (χ2n) is 5.85. The van der Waals surface area contributed by atoms with Crippen LogP contribution >= 0.6 is 11.4 Å². The minimum absolute atomic E-state index is 0. The van der Waals surface area contributed by atoms with Gasteiger partial charge >= 0.3 is 19.5 Å². The first-order chi connectivity index (χ1) is 10.7. The summed E-state index contributed by atoms with van der Waals surface area (Å²) >= 11 is 20.2. The molecule has 0 aromatic carbocycles. The standard InChI is InChI=1S/2C7H17O2PS2.Zn/c2*1-5-7(4)9-10(11,12)8-6(2)3;/h2*6-7H,5H2,1-4H3,(H,11,12);/q;;+2/p-2. The average Bonchev–Trinajstić information content (AvgIpc) is 2.34. The van der Waals surface area contributed by atoms with Crippen LogP contribution in [0.4, 0.5) is 0 Å². The molecule has 0 aliphatic rings. The van der Waals surface area contributed by atoms with Crippen molar-refractivity contribution in [2.24, 2.45) is 0 Å². The van der Waals surface area contributed by atoms with Crippen molar-refractivity contribution in [1.29, 1.82) is 0 Å². The third-order valence-electron chi connectivity index (χ3n) is 2.45. The van der Waals surface area contributed by atoms with E-state index in [0.29, 0.717) is 0 Å². The summed E-state index contributed by atoms with van der Waals surface area (Å²) in [4.78, 5) is 0. The molecule has 0 saturated heterocycles. The molecular formula is C14H32O4P2S4Zn. The van der Waals surface area contributed by atoms with Crippen molar-refractivity contribution in [2.75, 3.05) is 0 Å². The molecule has 148 valence electrons. The first kappa shape index (κ1) is 32.1. The summed E-state index contributed by atoms with van der Waals surface area (Å²) in [6.07, 6.45) is 2.14. The van der Waals surface area contributed by atoms with Crippen LogP contribution in [-0.4, -0.2) is 24.4 Å². The molecule has 0 aromatic heterocycles. The molecular weight excluding hydrogens is 488 g/mol. The maximum Gasteiger partial charge on any atom is 2.00 e. The molecule has 0 radical (unpaired) electrons. The van der Waals surface area contributed by atoms with Crippen LogP contribution in [0.15, 0.2) is 0 Å². The van der Waals surface area contributed by atoms with Crippen LogP contribution in [-0.2, 0) is 85.7 Å². The van der Waals surface area contributed by atoms with E-state index in [1.165, 1.54) is 0 Å². The maximum absolute atomic E-state index is 5.42. The van der Waals surface area contributed by atoms with E-state index in [4.69, 9.17) is 66.2 Å². The fraction of sp³-hybridized carbons (Fsp3) is 1.00. The van der Waals surface area contributed by atoms with Gasteiger partial charge in [-0.15, -0.1) is 0 Å². The van der Waals surface area contributed by atoms with Crippen LogP contribution < -0.4 is 0 Å². The Balaban J connectivity index is -0.000000372. The van der Waals surface area contributed by atoms with Gasteiger partial charge in [-0.3, -0.25) is 0 Å². The van der Waals surface area contributed by atoms with Crippen molar-refractivity contribution in [3.8, 4) is 0 Å². The summed E-state index contributed by atoms with van der Waals surface area (Å²) < 4.78 is 21.5. The summed E-state index contributed by atoms with van der Waals surface area (Å²) in [5.74, 6) is 0. The summed E-state index contributed by atoms with van der Waals surface area (Å²) in [5, 5.41) is 0. The fourth-order valence-electron chi connectivity index (χ4n) is 1.16. The zero-order valence-corrected chi connectivity index (χ0v) is 24.6. The van der Waals surface area contributed by atoms with Crippen molar-refractivity contribution in [1.82, 2.24) is 0 Å². The van der Waals surface area contributed by atoms with Crippen LogP contribution in [0.25, 0.3) is 0 Å². The molecule has 25 heavy (non-hydrogen) atoms. The quantitative estimate of drug-likeness (QED) is 0.198. The Kier molecular flexibility index (Phi) is 20.9. The molecule has 0 fully saturated rings. The van der Waals surface area contributed by atoms with E-state index in [9.17, 15) is 0 Å². The Morgan fingerprint density at radius 1 is 0.680 bits per heavy atom. The third kappa shape index (κ3) is 22.6. The van der Waals surface area contributed by atoms with Crippen molar-refractivity contribution in [3.05, 3.63) is 0 Å². The van der Waals surface area contributed by atoms with Crippen molar-refractivity contribution >= 4 is 59.5 Å². The average molecular weight is 520 g/mol. The summed E-state index contributed by atoms with van der Waals surface area (Å²) in [7, 11) is 0. The van der Waals surface area contributed by atoms with E-state index >= 15 is 0 Å². The molecule has 0 rings (SSSR count). The number of rotatable bonds is 10. The van der Waals surface area contributed by atoms with E-state index in [0.717, 1.165) is 12.8 Å². The Bertz CT molecular complexity index is 390. The van der Waals surface area contributed by atoms with Crippen LogP contribution in [0.5, 0.6) is 0 Å². The smallest absolute Gasteiger partial charge is 0.691 e. The molecule has 4 unspecified atom stereocenters. The first-order valence-corrected chi connectivity index (χ1v) is 15.4. The Labute approximate surface area is 188 Å². The van der Waals surface area contributed by atoms with E-state index in [1.54, 1.807) is 0 Å².